The smallest absolute Gasteiger partial charge is 0.263 e. The second-order valence-corrected chi connectivity index (χ2v) is 20.5. The second kappa shape index (κ2) is 12.7. The van der Waals surface area contributed by atoms with Gasteiger partial charge in [0.25, 0.3) is 5.91 Å². The highest BCUT2D eigenvalue weighted by atomic mass is 32.2. The Morgan fingerprint density at radius 1 is 1.04 bits per heavy atom. The van der Waals surface area contributed by atoms with Gasteiger partial charge in [-0.3, -0.25) is 14.3 Å². The highest BCUT2D eigenvalue weighted by Crippen LogP contribution is 2.69. The average molecular weight is 727 g/mol. The number of hydrogen-bond donors (Lipinski definition) is 2. The molecule has 4 fully saturated rings. The number of fused-ring (bicyclic) bond motifs is 9. The Kier molecular flexibility index (Phi) is 8.84. The summed E-state index contributed by atoms with van der Waals surface area (Å²) in [7, 11) is 3.39. The van der Waals surface area contributed by atoms with Gasteiger partial charge in [-0.1, -0.05) is 78.2 Å². The number of nitrogens with one attached hydrogen (secondary N) is 2. The van der Waals surface area contributed by atoms with E-state index in [9.17, 15) is 13.8 Å². The molecule has 0 radical (unpaired) electrons. The molecule has 52 heavy (non-hydrogen) atoms. The topological polar surface area (TPSA) is 81.8 Å². The van der Waals surface area contributed by atoms with Gasteiger partial charge in [-0.15, -0.1) is 0 Å². The fraction of sp³-hybridized carbons (Fsp3) is 0.682. The van der Waals surface area contributed by atoms with Gasteiger partial charge in [-0.05, 0) is 116 Å². The molecule has 0 spiro atoms. The van der Waals surface area contributed by atoms with Crippen molar-refractivity contribution in [2.45, 2.75) is 118 Å². The summed E-state index contributed by atoms with van der Waals surface area (Å²) in [5, 5.41) is 3.64. The van der Waals surface area contributed by atoms with Crippen LogP contribution in [0.25, 0.3) is 5.70 Å². The molecule has 4 saturated carbocycles. The van der Waals surface area contributed by atoms with E-state index < -0.39 is 16.6 Å². The quantitative estimate of drug-likeness (QED) is 0.284. The van der Waals surface area contributed by atoms with Gasteiger partial charge in [0.2, 0.25) is 5.91 Å². The number of aryl methyl sites for hydroxylation is 1. The van der Waals surface area contributed by atoms with Crippen LogP contribution in [0.4, 0.5) is 0 Å². The molecule has 1 aromatic carbocycles. The first kappa shape index (κ1) is 36.3. The summed E-state index contributed by atoms with van der Waals surface area (Å²) in [4.78, 5) is 31.0. The molecule has 5 aliphatic carbocycles. The van der Waals surface area contributed by atoms with Crippen LogP contribution in [0.15, 0.2) is 47.2 Å². The summed E-state index contributed by atoms with van der Waals surface area (Å²) < 4.78 is 16.9. The van der Waals surface area contributed by atoms with Crippen molar-refractivity contribution in [1.29, 1.82) is 0 Å². The maximum absolute atomic E-state index is 14.9. The molecule has 0 aromatic heterocycles. The van der Waals surface area contributed by atoms with Gasteiger partial charge >= 0.3 is 0 Å². The van der Waals surface area contributed by atoms with Gasteiger partial charge in [-0.2, -0.15) is 0 Å². The van der Waals surface area contributed by atoms with Crippen LogP contribution in [0.1, 0.15) is 128 Å². The van der Waals surface area contributed by atoms with Crippen molar-refractivity contribution in [3.8, 4) is 0 Å². The van der Waals surface area contributed by atoms with Gasteiger partial charge in [0, 0.05) is 61.0 Å². The molecule has 2 amide bonds. The van der Waals surface area contributed by atoms with Crippen LogP contribution < -0.4 is 10.0 Å². The number of rotatable bonds is 8. The zero-order chi connectivity index (χ0) is 37.0. The lowest BCUT2D eigenvalue weighted by Gasteiger charge is -2.52. The third-order valence-corrected chi connectivity index (χ3v) is 16.9. The van der Waals surface area contributed by atoms with Crippen LogP contribution in [0.3, 0.4) is 0 Å². The number of carbonyl (C=O) groups is 2. The van der Waals surface area contributed by atoms with E-state index in [1.807, 2.05) is 0 Å². The number of benzene rings is 1. The number of amides is 2. The van der Waals surface area contributed by atoms with Crippen molar-refractivity contribution >= 4 is 28.7 Å². The van der Waals surface area contributed by atoms with E-state index in [4.69, 9.17) is 0 Å². The summed E-state index contributed by atoms with van der Waals surface area (Å²) >= 11 is -1.62. The molecular weight excluding hydrogens is 665 g/mol. The molecule has 2 aliphatic heterocycles. The highest BCUT2D eigenvalue weighted by Gasteiger charge is 2.66. The second-order valence-electron chi connectivity index (χ2n) is 19.1. The zero-order valence-electron chi connectivity index (χ0n) is 33.0. The van der Waals surface area contributed by atoms with E-state index in [1.54, 1.807) is 14.1 Å². The molecule has 0 saturated heterocycles. The number of carbonyl (C=O) groups excluding carboxylic acids is 2. The standard InChI is InChI=1S/C44H62N4O3S/c1-9-28-15-16-31-32(21-28)35-24-44(35,40(50)45-25-33-27(2)23-42(5)19-18-34(33)41(42,3)4)26-48-36-22-30(39(49)46-52(51)47(7)8)17-20-43(36,6)37(38(31)48)29-13-11-10-12-14-29/h15-17,21-22,27,29,33-35H,9-14,18-20,23-26H2,1-8H3,(H,45,50)(H,46,49). The van der Waals surface area contributed by atoms with Crippen molar-refractivity contribution in [3.05, 3.63) is 63.9 Å². The van der Waals surface area contributed by atoms with Gasteiger partial charge in [-0.25, -0.2) is 8.51 Å². The largest absolute Gasteiger partial charge is 0.355 e. The molecule has 8 rings (SSSR count). The Bertz CT molecular complexity index is 1800. The summed E-state index contributed by atoms with van der Waals surface area (Å²) in [5.41, 5.74) is 8.33. The van der Waals surface area contributed by atoms with Crippen LogP contribution >= 0.6 is 0 Å². The van der Waals surface area contributed by atoms with Gasteiger partial charge in [0.05, 0.1) is 5.41 Å². The molecule has 7 aliphatic rings. The minimum Gasteiger partial charge on any atom is -0.355 e. The molecule has 8 unspecified atom stereocenters. The Hall–Kier alpha value is -2.71. The zero-order valence-corrected chi connectivity index (χ0v) is 33.8. The number of allylic oxidation sites excluding steroid dienone is 2. The fourth-order valence-corrected chi connectivity index (χ4v) is 12.8. The Morgan fingerprint density at radius 2 is 1.79 bits per heavy atom. The van der Waals surface area contributed by atoms with E-state index in [0.29, 0.717) is 47.6 Å². The van der Waals surface area contributed by atoms with Crippen molar-refractivity contribution in [1.82, 2.24) is 19.2 Å². The van der Waals surface area contributed by atoms with Crippen molar-refractivity contribution < 1.29 is 13.8 Å². The lowest BCUT2D eigenvalue weighted by atomic mass is 9.53. The van der Waals surface area contributed by atoms with Crippen LogP contribution in [-0.4, -0.2) is 52.4 Å². The molecule has 2 bridgehead atoms. The maximum atomic E-state index is 14.9. The molecule has 2 heterocycles. The predicted molar refractivity (Wildman–Crippen MR) is 210 cm³/mol. The number of hydrogen-bond acceptors (Lipinski definition) is 4. The fourth-order valence-electron chi connectivity index (χ4n) is 12.3. The van der Waals surface area contributed by atoms with Crippen LogP contribution in [-0.2, 0) is 27.2 Å². The van der Waals surface area contributed by atoms with Crippen molar-refractivity contribution in [2.75, 3.05) is 27.2 Å². The van der Waals surface area contributed by atoms with E-state index in [-0.39, 0.29) is 28.6 Å². The minimum absolute atomic E-state index is 0.172. The maximum Gasteiger partial charge on any atom is 0.263 e. The molecule has 2 N–H and O–H groups in total. The van der Waals surface area contributed by atoms with E-state index >= 15 is 0 Å². The van der Waals surface area contributed by atoms with E-state index in [2.05, 4.69) is 86.8 Å². The summed E-state index contributed by atoms with van der Waals surface area (Å²) in [6.45, 7) is 15.9. The van der Waals surface area contributed by atoms with Crippen LogP contribution in [0, 0.1) is 45.3 Å². The van der Waals surface area contributed by atoms with E-state index in [1.165, 1.54) is 83.6 Å². The molecule has 7 nitrogen and oxygen atoms in total. The normalized spacial score (nSPS) is 36.5. The lowest BCUT2D eigenvalue weighted by Crippen LogP contribution is -2.50. The molecule has 282 valence electrons. The van der Waals surface area contributed by atoms with Crippen LogP contribution in [0.2, 0.25) is 0 Å². The van der Waals surface area contributed by atoms with Gasteiger partial charge in [0.1, 0.15) is 0 Å². The molecule has 1 aromatic rings. The third kappa shape index (κ3) is 5.38. The average Bonchev–Trinajstić information content (AvgIpc) is 3.78. The summed E-state index contributed by atoms with van der Waals surface area (Å²) in [5.74, 6) is 2.26. The monoisotopic (exact) mass is 726 g/mol. The third-order valence-electron chi connectivity index (χ3n) is 15.9. The van der Waals surface area contributed by atoms with Gasteiger partial charge < -0.3 is 10.2 Å². The summed E-state index contributed by atoms with van der Waals surface area (Å²) in [6.07, 6.45) is 16.6. The van der Waals surface area contributed by atoms with Gasteiger partial charge in [0.15, 0.2) is 11.2 Å². The number of nitrogens with zero attached hydrogens (tertiary/aromatic N) is 2. The molecule has 8 heteroatoms. The first-order chi connectivity index (χ1) is 24.6. The summed E-state index contributed by atoms with van der Waals surface area (Å²) in [6, 6.07) is 7.07. The first-order valence-corrected chi connectivity index (χ1v) is 21.5. The minimum atomic E-state index is -1.62. The van der Waals surface area contributed by atoms with E-state index in [0.717, 1.165) is 25.1 Å². The van der Waals surface area contributed by atoms with Crippen molar-refractivity contribution in [3.63, 3.8) is 0 Å². The Labute approximate surface area is 315 Å². The predicted octanol–water partition coefficient (Wildman–Crippen LogP) is 8.03. The van der Waals surface area contributed by atoms with Crippen molar-refractivity contribution in [2.24, 2.45) is 45.3 Å². The Balaban J connectivity index is 1.19. The van der Waals surface area contributed by atoms with Crippen LogP contribution in [0.5, 0.6) is 0 Å². The lowest BCUT2D eigenvalue weighted by molar-refractivity contribution is -0.127. The Morgan fingerprint density at radius 3 is 2.50 bits per heavy atom. The highest BCUT2D eigenvalue weighted by molar-refractivity contribution is 7.81. The first-order valence-electron chi connectivity index (χ1n) is 20.4. The SMILES string of the molecule is CCc1ccc2c(c1)C1CC1(C(=O)NCC1C(C)CC3(C)CCC1C3(C)C)CN1C3=CC(C(=O)NS(=O)N(C)C)=CCC3(C)C(C3CCCCC3)=C21. The molecule has 8 atom stereocenters. The molecular formula is C44H62N4O3S.